The van der Waals surface area contributed by atoms with E-state index in [9.17, 15) is 4.79 Å². The summed E-state index contributed by atoms with van der Waals surface area (Å²) < 4.78 is 5.62. The average Bonchev–Trinajstić information content (AvgIpc) is 2.77. The zero-order valence-electron chi connectivity index (χ0n) is 9.04. The molecule has 1 saturated carbocycles. The summed E-state index contributed by atoms with van der Waals surface area (Å²) in [5.74, 6) is 0.700. The average molecular weight is 209 g/mol. The molecule has 0 unspecified atom stereocenters. The first-order valence-corrected chi connectivity index (χ1v) is 5.20. The third kappa shape index (κ3) is 2.03. The van der Waals surface area contributed by atoms with E-state index in [2.05, 4.69) is 11.9 Å². The van der Waals surface area contributed by atoms with Crippen molar-refractivity contribution >= 4 is 5.97 Å². The summed E-state index contributed by atoms with van der Waals surface area (Å²) in [6.45, 7) is 4.00. The van der Waals surface area contributed by atoms with Crippen LogP contribution in [0.3, 0.4) is 0 Å². The van der Waals surface area contributed by atoms with Crippen molar-refractivity contribution in [1.29, 1.82) is 0 Å². The molecule has 1 fully saturated rings. The minimum Gasteiger partial charge on any atom is -0.481 e. The fourth-order valence-corrected chi connectivity index (χ4v) is 1.54. The molecule has 1 aromatic heterocycles. The smallest absolute Gasteiger partial charge is 0.303 e. The van der Waals surface area contributed by atoms with Gasteiger partial charge in [0.15, 0.2) is 0 Å². The molecule has 1 N–H and O–H groups in total. The van der Waals surface area contributed by atoms with Gasteiger partial charge < -0.3 is 9.52 Å². The van der Waals surface area contributed by atoms with Gasteiger partial charge in [-0.05, 0) is 19.8 Å². The van der Waals surface area contributed by atoms with Crippen LogP contribution in [0.15, 0.2) is 4.42 Å². The van der Waals surface area contributed by atoms with Crippen molar-refractivity contribution in [3.8, 4) is 0 Å². The van der Waals surface area contributed by atoms with Gasteiger partial charge in [-0.25, -0.2) is 4.98 Å². The van der Waals surface area contributed by atoms with E-state index in [4.69, 9.17) is 9.52 Å². The van der Waals surface area contributed by atoms with E-state index in [1.54, 1.807) is 0 Å². The Labute approximate surface area is 88.3 Å². The molecule has 0 bridgehead atoms. The van der Waals surface area contributed by atoms with Crippen LogP contribution in [0.2, 0.25) is 0 Å². The lowest BCUT2D eigenvalue weighted by molar-refractivity contribution is -0.137. The molecular weight excluding hydrogens is 194 g/mol. The number of oxazole rings is 1. The van der Waals surface area contributed by atoms with Crippen molar-refractivity contribution in [3.63, 3.8) is 0 Å². The number of aryl methyl sites for hydroxylation is 2. The molecule has 15 heavy (non-hydrogen) atoms. The zero-order valence-corrected chi connectivity index (χ0v) is 9.04. The van der Waals surface area contributed by atoms with Gasteiger partial charge in [-0.2, -0.15) is 0 Å². The number of aromatic nitrogens is 1. The van der Waals surface area contributed by atoms with Crippen molar-refractivity contribution in [1.82, 2.24) is 4.98 Å². The summed E-state index contributed by atoms with van der Waals surface area (Å²) in [5, 5.41) is 8.58. The number of hydrogen-bond donors (Lipinski definition) is 1. The molecule has 82 valence electrons. The first-order valence-electron chi connectivity index (χ1n) is 5.20. The first kappa shape index (κ1) is 10.2. The monoisotopic (exact) mass is 209 g/mol. The third-order valence-corrected chi connectivity index (χ3v) is 2.97. The normalized spacial score (nSPS) is 17.7. The molecule has 2 rings (SSSR count). The maximum absolute atomic E-state index is 10.4. The molecule has 1 aliphatic rings. The Morgan fingerprint density at radius 2 is 2.27 bits per heavy atom. The molecule has 1 heterocycles. The molecule has 1 aromatic rings. The molecule has 0 amide bonds. The second-order valence-corrected chi connectivity index (χ2v) is 4.48. The van der Waals surface area contributed by atoms with Gasteiger partial charge in [-0.1, -0.05) is 6.92 Å². The van der Waals surface area contributed by atoms with E-state index in [0.717, 1.165) is 30.2 Å². The lowest BCUT2D eigenvalue weighted by atomic mass is 10.1. The molecule has 0 aliphatic heterocycles. The number of carbonyl (C=O) groups is 1. The van der Waals surface area contributed by atoms with Gasteiger partial charge in [0.25, 0.3) is 0 Å². The topological polar surface area (TPSA) is 63.3 Å². The quantitative estimate of drug-likeness (QED) is 0.824. The minimum atomic E-state index is -0.801. The fraction of sp³-hybridized carbons (Fsp3) is 0.636. The van der Waals surface area contributed by atoms with Gasteiger partial charge in [0, 0.05) is 11.8 Å². The number of rotatable bonds is 4. The molecule has 1 aliphatic carbocycles. The van der Waals surface area contributed by atoms with Crippen LogP contribution >= 0.6 is 0 Å². The van der Waals surface area contributed by atoms with Gasteiger partial charge in [0.2, 0.25) is 5.89 Å². The van der Waals surface area contributed by atoms with Gasteiger partial charge in [0.05, 0.1) is 12.1 Å². The SMILES string of the molecule is Cc1nc(C2(C)CC2)oc1CCC(=O)O. The largest absolute Gasteiger partial charge is 0.481 e. The molecule has 4 nitrogen and oxygen atoms in total. The Morgan fingerprint density at radius 3 is 2.80 bits per heavy atom. The predicted molar refractivity (Wildman–Crippen MR) is 53.8 cm³/mol. The van der Waals surface area contributed by atoms with Crippen molar-refractivity contribution < 1.29 is 14.3 Å². The van der Waals surface area contributed by atoms with Crippen molar-refractivity contribution in [2.75, 3.05) is 0 Å². The van der Waals surface area contributed by atoms with Crippen LogP contribution in [0, 0.1) is 6.92 Å². The van der Waals surface area contributed by atoms with Crippen molar-refractivity contribution in [2.45, 2.75) is 44.9 Å². The van der Waals surface area contributed by atoms with Crippen LogP contribution in [-0.4, -0.2) is 16.1 Å². The summed E-state index contributed by atoms with van der Waals surface area (Å²) in [7, 11) is 0. The highest BCUT2D eigenvalue weighted by Crippen LogP contribution is 2.47. The molecule has 0 saturated heterocycles. The van der Waals surface area contributed by atoms with E-state index in [1.807, 2.05) is 6.92 Å². The summed E-state index contributed by atoms with van der Waals surface area (Å²) in [6.07, 6.45) is 2.77. The number of carboxylic acid groups (broad SMARTS) is 1. The Kier molecular flexibility index (Phi) is 2.29. The number of aliphatic carboxylic acids is 1. The Morgan fingerprint density at radius 1 is 1.60 bits per heavy atom. The highest BCUT2D eigenvalue weighted by molar-refractivity contribution is 5.66. The Bertz CT molecular complexity index is 391. The van der Waals surface area contributed by atoms with Crippen LogP contribution < -0.4 is 0 Å². The Balaban J connectivity index is 2.11. The molecular formula is C11H15NO3. The zero-order chi connectivity index (χ0) is 11.1. The summed E-state index contributed by atoms with van der Waals surface area (Å²) in [5.41, 5.74) is 0.950. The van der Waals surface area contributed by atoms with Gasteiger partial charge in [0.1, 0.15) is 5.76 Å². The van der Waals surface area contributed by atoms with Crippen LogP contribution in [0.4, 0.5) is 0 Å². The van der Waals surface area contributed by atoms with E-state index < -0.39 is 5.97 Å². The van der Waals surface area contributed by atoms with Crippen LogP contribution in [0.1, 0.15) is 43.5 Å². The van der Waals surface area contributed by atoms with E-state index in [-0.39, 0.29) is 11.8 Å². The summed E-state index contributed by atoms with van der Waals surface area (Å²) in [4.78, 5) is 14.8. The highest BCUT2D eigenvalue weighted by atomic mass is 16.4. The second-order valence-electron chi connectivity index (χ2n) is 4.48. The number of carboxylic acids is 1. The lowest BCUT2D eigenvalue weighted by Crippen LogP contribution is -1.99. The predicted octanol–water partition coefficient (Wildman–Crippen LogP) is 2.05. The molecule has 0 aromatic carbocycles. The molecule has 0 spiro atoms. The number of nitrogens with zero attached hydrogens (tertiary/aromatic N) is 1. The standard InChI is InChI=1S/C11H15NO3/c1-7-8(3-4-9(13)14)15-10(12-7)11(2)5-6-11/h3-6H2,1-2H3,(H,13,14). The van der Waals surface area contributed by atoms with Gasteiger partial charge in [-0.3, -0.25) is 4.79 Å². The highest BCUT2D eigenvalue weighted by Gasteiger charge is 2.44. The van der Waals surface area contributed by atoms with Crippen LogP contribution in [0.25, 0.3) is 0 Å². The van der Waals surface area contributed by atoms with Crippen molar-refractivity contribution in [3.05, 3.63) is 17.3 Å². The second kappa shape index (κ2) is 3.36. The van der Waals surface area contributed by atoms with Crippen LogP contribution in [0.5, 0.6) is 0 Å². The third-order valence-electron chi connectivity index (χ3n) is 2.97. The minimum absolute atomic E-state index is 0.103. The Hall–Kier alpha value is -1.32. The maximum atomic E-state index is 10.4. The van der Waals surface area contributed by atoms with E-state index in [0.29, 0.717) is 6.42 Å². The number of hydrogen-bond acceptors (Lipinski definition) is 3. The van der Waals surface area contributed by atoms with E-state index >= 15 is 0 Å². The van der Waals surface area contributed by atoms with Gasteiger partial charge >= 0.3 is 5.97 Å². The summed E-state index contributed by atoms with van der Waals surface area (Å²) >= 11 is 0. The lowest BCUT2D eigenvalue weighted by Gasteiger charge is -1.99. The van der Waals surface area contributed by atoms with E-state index in [1.165, 1.54) is 0 Å². The van der Waals surface area contributed by atoms with Crippen LogP contribution in [-0.2, 0) is 16.6 Å². The van der Waals surface area contributed by atoms with Gasteiger partial charge in [-0.15, -0.1) is 0 Å². The van der Waals surface area contributed by atoms with Crippen molar-refractivity contribution in [2.24, 2.45) is 0 Å². The molecule has 0 atom stereocenters. The fourth-order valence-electron chi connectivity index (χ4n) is 1.54. The summed E-state index contributed by atoms with van der Waals surface area (Å²) in [6, 6.07) is 0. The maximum Gasteiger partial charge on any atom is 0.303 e. The molecule has 0 radical (unpaired) electrons. The first-order chi connectivity index (χ1) is 7.01. The molecule has 4 heteroatoms.